The summed E-state index contributed by atoms with van der Waals surface area (Å²) in [5, 5.41) is 2.64. The van der Waals surface area contributed by atoms with Crippen molar-refractivity contribution in [1.29, 1.82) is 0 Å². The van der Waals surface area contributed by atoms with Gasteiger partial charge in [0.2, 0.25) is 0 Å². The minimum atomic E-state index is -0.426. The van der Waals surface area contributed by atoms with Crippen molar-refractivity contribution < 1.29 is 13.9 Å². The minimum Gasteiger partial charge on any atom is -0.478 e. The van der Waals surface area contributed by atoms with Gasteiger partial charge in [-0.25, -0.2) is 4.39 Å². The highest BCUT2D eigenvalue weighted by Gasteiger charge is 2.01. The van der Waals surface area contributed by atoms with E-state index in [2.05, 4.69) is 22.1 Å². The molecular weight excluding hydrogens is 271 g/mol. The first-order valence-electron chi connectivity index (χ1n) is 6.28. The van der Waals surface area contributed by atoms with Crippen LogP contribution in [0.15, 0.2) is 48.8 Å². The summed E-state index contributed by atoms with van der Waals surface area (Å²) < 4.78 is 18.4. The zero-order valence-corrected chi connectivity index (χ0v) is 11.2. The van der Waals surface area contributed by atoms with Gasteiger partial charge in [0, 0.05) is 18.0 Å². The molecule has 2 aromatic rings. The fourth-order valence-electron chi connectivity index (χ4n) is 1.52. The summed E-state index contributed by atoms with van der Waals surface area (Å²) in [6, 6.07) is 9.34. The number of hydrogen-bond donors (Lipinski definition) is 1. The van der Waals surface area contributed by atoms with Crippen molar-refractivity contribution in [2.75, 3.05) is 13.2 Å². The van der Waals surface area contributed by atoms with Gasteiger partial charge in [-0.3, -0.25) is 9.78 Å². The average molecular weight is 284 g/mol. The van der Waals surface area contributed by atoms with Gasteiger partial charge in [0.25, 0.3) is 5.91 Å². The highest BCUT2D eigenvalue weighted by molar-refractivity contribution is 5.94. The maximum absolute atomic E-state index is 13.2. The first kappa shape index (κ1) is 14.5. The molecule has 0 unspecified atom stereocenters. The summed E-state index contributed by atoms with van der Waals surface area (Å²) >= 11 is 0. The Morgan fingerprint density at radius 2 is 1.95 bits per heavy atom. The van der Waals surface area contributed by atoms with Gasteiger partial charge in [0.1, 0.15) is 6.61 Å². The molecule has 0 atom stereocenters. The van der Waals surface area contributed by atoms with Gasteiger partial charge in [0.15, 0.2) is 11.6 Å². The summed E-state index contributed by atoms with van der Waals surface area (Å²) in [4.78, 5) is 15.5. The van der Waals surface area contributed by atoms with Crippen molar-refractivity contribution in [2.24, 2.45) is 0 Å². The zero-order chi connectivity index (χ0) is 14.9. The summed E-state index contributed by atoms with van der Waals surface area (Å²) in [6.07, 6.45) is 3.09. The van der Waals surface area contributed by atoms with Crippen LogP contribution >= 0.6 is 0 Å². The lowest BCUT2D eigenvalue weighted by atomic mass is 10.2. The van der Waals surface area contributed by atoms with E-state index in [9.17, 15) is 9.18 Å². The molecule has 0 radical (unpaired) electrons. The van der Waals surface area contributed by atoms with E-state index in [1.54, 1.807) is 36.7 Å². The van der Waals surface area contributed by atoms with E-state index in [4.69, 9.17) is 4.74 Å². The highest BCUT2D eigenvalue weighted by atomic mass is 19.1. The number of hydrogen-bond acceptors (Lipinski definition) is 3. The summed E-state index contributed by atoms with van der Waals surface area (Å²) in [5.41, 5.74) is 0.523. The fraction of sp³-hybridized carbons (Fsp3) is 0.125. The third-order valence-electron chi connectivity index (χ3n) is 2.54. The van der Waals surface area contributed by atoms with Crippen LogP contribution in [0.1, 0.15) is 10.4 Å². The number of aromatic nitrogens is 1. The van der Waals surface area contributed by atoms with Gasteiger partial charge in [-0.15, -0.1) is 0 Å². The lowest BCUT2D eigenvalue weighted by Gasteiger charge is -2.02. The SMILES string of the molecule is O=C(NCC#CCOc1ccccc1F)c1ccncc1. The van der Waals surface area contributed by atoms with Gasteiger partial charge >= 0.3 is 0 Å². The second-order valence-electron chi connectivity index (χ2n) is 3.99. The number of pyridine rings is 1. The third-order valence-corrected chi connectivity index (χ3v) is 2.54. The van der Waals surface area contributed by atoms with Crippen LogP contribution in [0.5, 0.6) is 5.75 Å². The number of nitrogens with one attached hydrogen (secondary N) is 1. The standard InChI is InChI=1S/C16H13FN2O2/c17-14-5-1-2-6-15(14)21-12-4-3-9-19-16(20)13-7-10-18-11-8-13/h1-2,5-8,10-11H,9,12H2,(H,19,20). The van der Waals surface area contributed by atoms with E-state index in [1.165, 1.54) is 12.1 Å². The molecule has 1 amide bonds. The molecule has 0 saturated carbocycles. The van der Waals surface area contributed by atoms with Crippen LogP contribution in [0.25, 0.3) is 0 Å². The molecule has 0 saturated heterocycles. The van der Waals surface area contributed by atoms with Gasteiger partial charge in [-0.1, -0.05) is 24.0 Å². The van der Waals surface area contributed by atoms with E-state index in [0.717, 1.165) is 0 Å². The van der Waals surface area contributed by atoms with E-state index in [1.807, 2.05) is 0 Å². The fourth-order valence-corrected chi connectivity index (χ4v) is 1.52. The second kappa shape index (κ2) is 7.65. The molecule has 21 heavy (non-hydrogen) atoms. The Morgan fingerprint density at radius 3 is 2.71 bits per heavy atom. The Kier molecular flexibility index (Phi) is 5.30. The van der Waals surface area contributed by atoms with Crippen LogP contribution in [0.4, 0.5) is 4.39 Å². The van der Waals surface area contributed by atoms with Crippen molar-refractivity contribution in [3.8, 4) is 17.6 Å². The number of halogens is 1. The number of benzene rings is 1. The number of carbonyl (C=O) groups excluding carboxylic acids is 1. The molecule has 0 spiro atoms. The predicted molar refractivity (Wildman–Crippen MR) is 76.2 cm³/mol. The molecule has 0 aliphatic carbocycles. The zero-order valence-electron chi connectivity index (χ0n) is 11.2. The normalized spacial score (nSPS) is 9.38. The van der Waals surface area contributed by atoms with E-state index in [-0.39, 0.29) is 24.8 Å². The number of nitrogens with zero attached hydrogens (tertiary/aromatic N) is 1. The van der Waals surface area contributed by atoms with Gasteiger partial charge < -0.3 is 10.1 Å². The van der Waals surface area contributed by atoms with Crippen molar-refractivity contribution in [3.63, 3.8) is 0 Å². The van der Waals surface area contributed by atoms with Crippen LogP contribution in [0, 0.1) is 17.7 Å². The Balaban J connectivity index is 1.73. The second-order valence-corrected chi connectivity index (χ2v) is 3.99. The molecule has 1 aromatic carbocycles. The molecule has 0 aliphatic rings. The predicted octanol–water partition coefficient (Wildman–Crippen LogP) is 2.03. The topological polar surface area (TPSA) is 51.2 Å². The monoisotopic (exact) mass is 284 g/mol. The van der Waals surface area contributed by atoms with Crippen LogP contribution in [0.3, 0.4) is 0 Å². The third kappa shape index (κ3) is 4.62. The first-order chi connectivity index (χ1) is 10.3. The minimum absolute atomic E-state index is 0.0616. The largest absolute Gasteiger partial charge is 0.478 e. The van der Waals surface area contributed by atoms with Crippen LogP contribution in [-0.2, 0) is 0 Å². The van der Waals surface area contributed by atoms with Gasteiger partial charge in [-0.2, -0.15) is 0 Å². The Hall–Kier alpha value is -2.87. The van der Waals surface area contributed by atoms with Crippen molar-refractivity contribution in [3.05, 3.63) is 60.2 Å². The number of ether oxygens (including phenoxy) is 1. The van der Waals surface area contributed by atoms with Crippen LogP contribution < -0.4 is 10.1 Å². The summed E-state index contributed by atoms with van der Waals surface area (Å²) in [5.74, 6) is 4.95. The van der Waals surface area contributed by atoms with Crippen molar-refractivity contribution in [1.82, 2.24) is 10.3 Å². The molecule has 0 bridgehead atoms. The molecule has 106 valence electrons. The Morgan fingerprint density at radius 1 is 1.19 bits per heavy atom. The quantitative estimate of drug-likeness (QED) is 0.874. The maximum atomic E-state index is 13.2. The first-order valence-corrected chi connectivity index (χ1v) is 6.28. The smallest absolute Gasteiger partial charge is 0.252 e. The Bertz CT molecular complexity index is 663. The molecule has 0 aliphatic heterocycles. The molecule has 2 rings (SSSR count). The molecule has 4 nitrogen and oxygen atoms in total. The number of amides is 1. The van der Waals surface area contributed by atoms with Crippen LogP contribution in [-0.4, -0.2) is 24.0 Å². The lowest BCUT2D eigenvalue weighted by molar-refractivity contribution is 0.0958. The number of carbonyl (C=O) groups is 1. The van der Waals surface area contributed by atoms with Gasteiger partial charge in [-0.05, 0) is 24.3 Å². The molecule has 5 heteroatoms. The van der Waals surface area contributed by atoms with Crippen LogP contribution in [0.2, 0.25) is 0 Å². The Labute approximate surface area is 122 Å². The highest BCUT2D eigenvalue weighted by Crippen LogP contribution is 2.14. The summed E-state index contributed by atoms with van der Waals surface area (Å²) in [7, 11) is 0. The number of para-hydroxylation sites is 1. The average Bonchev–Trinajstić information content (AvgIpc) is 2.53. The number of rotatable bonds is 4. The molecule has 1 heterocycles. The van der Waals surface area contributed by atoms with E-state index in [0.29, 0.717) is 5.56 Å². The molecule has 0 fully saturated rings. The van der Waals surface area contributed by atoms with E-state index >= 15 is 0 Å². The molecule has 1 aromatic heterocycles. The van der Waals surface area contributed by atoms with E-state index < -0.39 is 5.82 Å². The van der Waals surface area contributed by atoms with Crippen molar-refractivity contribution >= 4 is 5.91 Å². The summed E-state index contributed by atoms with van der Waals surface area (Å²) in [6.45, 7) is 0.258. The maximum Gasteiger partial charge on any atom is 0.252 e. The van der Waals surface area contributed by atoms with Gasteiger partial charge in [0.05, 0.1) is 6.54 Å². The van der Waals surface area contributed by atoms with Crippen molar-refractivity contribution in [2.45, 2.75) is 0 Å². The lowest BCUT2D eigenvalue weighted by Crippen LogP contribution is -2.23. The molecule has 1 N–H and O–H groups in total. The molecular formula is C16H13FN2O2.